The zero-order chi connectivity index (χ0) is 19.0. The monoisotopic (exact) mass is 403 g/mol. The van der Waals surface area contributed by atoms with Gasteiger partial charge in [0.15, 0.2) is 0 Å². The molecule has 138 valence electrons. The fourth-order valence-electron chi connectivity index (χ4n) is 3.04. The molecular formula is C19H15ClFN3O2S. The Morgan fingerprint density at radius 3 is 2.74 bits per heavy atom. The van der Waals surface area contributed by atoms with Gasteiger partial charge in [-0.1, -0.05) is 16.8 Å². The van der Waals surface area contributed by atoms with Crippen molar-refractivity contribution in [1.82, 2.24) is 10.1 Å². The van der Waals surface area contributed by atoms with Crippen molar-refractivity contribution in [2.24, 2.45) is 0 Å². The van der Waals surface area contributed by atoms with Crippen molar-refractivity contribution in [3.05, 3.63) is 59.2 Å². The van der Waals surface area contributed by atoms with Crippen molar-refractivity contribution in [1.29, 1.82) is 0 Å². The summed E-state index contributed by atoms with van der Waals surface area (Å²) in [6.45, 7) is 0.466. The van der Waals surface area contributed by atoms with Gasteiger partial charge in [-0.3, -0.25) is 4.79 Å². The highest BCUT2D eigenvalue weighted by Gasteiger charge is 2.35. The number of hydrogen-bond acceptors (Lipinski definition) is 5. The Hall–Kier alpha value is -2.38. The van der Waals surface area contributed by atoms with Crippen LogP contribution in [0.3, 0.4) is 0 Å². The van der Waals surface area contributed by atoms with Gasteiger partial charge in [0.05, 0.1) is 10.9 Å². The van der Waals surface area contributed by atoms with E-state index in [-0.39, 0.29) is 22.7 Å². The number of halogens is 2. The first-order valence-electron chi connectivity index (χ1n) is 8.28. The van der Waals surface area contributed by atoms with Crippen LogP contribution in [0, 0.1) is 5.82 Å². The van der Waals surface area contributed by atoms with Gasteiger partial charge in [-0.15, -0.1) is 11.8 Å². The molecule has 27 heavy (non-hydrogen) atoms. The predicted molar refractivity (Wildman–Crippen MR) is 103 cm³/mol. The number of aromatic nitrogens is 2. The number of benzene rings is 2. The summed E-state index contributed by atoms with van der Waals surface area (Å²) < 4.78 is 19.0. The van der Waals surface area contributed by atoms with E-state index in [4.69, 9.17) is 16.1 Å². The maximum Gasteiger partial charge on any atom is 0.232 e. The van der Waals surface area contributed by atoms with E-state index in [0.717, 1.165) is 10.6 Å². The number of carbonyl (C=O) groups is 1. The Balaban J connectivity index is 1.53. The molecule has 0 saturated carbocycles. The van der Waals surface area contributed by atoms with Gasteiger partial charge in [-0.25, -0.2) is 4.39 Å². The average molecular weight is 404 g/mol. The Morgan fingerprint density at radius 1 is 1.26 bits per heavy atom. The molecule has 1 amide bonds. The van der Waals surface area contributed by atoms with E-state index in [1.807, 2.05) is 30.5 Å². The molecule has 3 aromatic rings. The van der Waals surface area contributed by atoms with Gasteiger partial charge in [0.25, 0.3) is 0 Å². The Bertz CT molecular complexity index is 993. The zero-order valence-corrected chi connectivity index (χ0v) is 15.9. The SMILES string of the molecule is CSc1ccc(N2CC(c3nc(-c4ccc(Cl)c(F)c4)no3)CC2=O)cc1. The number of carbonyl (C=O) groups excluding carboxylic acids is 1. The lowest BCUT2D eigenvalue weighted by molar-refractivity contribution is -0.117. The highest BCUT2D eigenvalue weighted by molar-refractivity contribution is 7.98. The molecule has 1 aliphatic rings. The van der Waals surface area contributed by atoms with Crippen LogP contribution < -0.4 is 4.90 Å². The molecule has 1 unspecified atom stereocenters. The first-order valence-corrected chi connectivity index (χ1v) is 9.89. The first-order chi connectivity index (χ1) is 13.0. The van der Waals surface area contributed by atoms with E-state index >= 15 is 0 Å². The maximum atomic E-state index is 13.6. The number of hydrogen-bond donors (Lipinski definition) is 0. The molecule has 4 rings (SSSR count). The van der Waals surface area contributed by atoms with E-state index in [1.54, 1.807) is 22.7 Å². The van der Waals surface area contributed by atoms with Gasteiger partial charge in [-0.05, 0) is 48.7 Å². The molecule has 8 heteroatoms. The number of anilines is 1. The standard InChI is InChI=1S/C19H15ClFN3O2S/c1-27-14-5-3-13(4-6-14)24-10-12(9-17(24)25)19-22-18(23-26-19)11-2-7-15(20)16(21)8-11/h2-8,12H,9-10H2,1H3. The summed E-state index contributed by atoms with van der Waals surface area (Å²) in [6, 6.07) is 12.2. The minimum atomic E-state index is -0.545. The molecule has 1 aromatic heterocycles. The first kappa shape index (κ1) is 18.0. The molecule has 1 fully saturated rings. The summed E-state index contributed by atoms with van der Waals surface area (Å²) in [7, 11) is 0. The Kier molecular flexibility index (Phi) is 4.88. The summed E-state index contributed by atoms with van der Waals surface area (Å²) >= 11 is 7.35. The van der Waals surface area contributed by atoms with Gasteiger partial charge in [0.2, 0.25) is 17.6 Å². The van der Waals surface area contributed by atoms with Gasteiger partial charge >= 0.3 is 0 Å². The molecule has 0 aliphatic carbocycles. The predicted octanol–water partition coefficient (Wildman–Crippen LogP) is 4.77. The molecule has 0 radical (unpaired) electrons. The molecule has 5 nitrogen and oxygen atoms in total. The maximum absolute atomic E-state index is 13.6. The molecular weight excluding hydrogens is 389 g/mol. The quantitative estimate of drug-likeness (QED) is 0.587. The van der Waals surface area contributed by atoms with Crippen molar-refractivity contribution < 1.29 is 13.7 Å². The number of amides is 1. The van der Waals surface area contributed by atoms with Gasteiger partial charge in [0.1, 0.15) is 5.82 Å². The van der Waals surface area contributed by atoms with Crippen LogP contribution in [0.1, 0.15) is 18.2 Å². The van der Waals surface area contributed by atoms with Crippen LogP contribution >= 0.6 is 23.4 Å². The third-order valence-electron chi connectivity index (χ3n) is 4.48. The second-order valence-electron chi connectivity index (χ2n) is 6.19. The third kappa shape index (κ3) is 3.57. The molecule has 0 spiro atoms. The van der Waals surface area contributed by atoms with Gasteiger partial charge < -0.3 is 9.42 Å². The number of nitrogens with zero attached hydrogens (tertiary/aromatic N) is 3. The van der Waals surface area contributed by atoms with E-state index in [2.05, 4.69) is 10.1 Å². The van der Waals surface area contributed by atoms with Crippen molar-refractivity contribution in [2.75, 3.05) is 17.7 Å². The Labute approximate surface area is 164 Å². The van der Waals surface area contributed by atoms with Crippen LogP contribution in [0.5, 0.6) is 0 Å². The summed E-state index contributed by atoms with van der Waals surface area (Å²) in [5, 5.41) is 3.95. The van der Waals surface area contributed by atoms with Crippen molar-refractivity contribution in [2.45, 2.75) is 17.2 Å². The summed E-state index contributed by atoms with van der Waals surface area (Å²) in [6.07, 6.45) is 2.30. The fraction of sp³-hybridized carbons (Fsp3) is 0.211. The molecule has 1 aliphatic heterocycles. The van der Waals surface area contributed by atoms with Crippen LogP contribution in [-0.4, -0.2) is 28.8 Å². The zero-order valence-electron chi connectivity index (χ0n) is 14.4. The van der Waals surface area contributed by atoms with Crippen LogP contribution in [0.25, 0.3) is 11.4 Å². The smallest absolute Gasteiger partial charge is 0.232 e. The second kappa shape index (κ2) is 7.32. The minimum Gasteiger partial charge on any atom is -0.339 e. The summed E-state index contributed by atoms with van der Waals surface area (Å²) in [5.74, 6) is -0.0885. The lowest BCUT2D eigenvalue weighted by Gasteiger charge is -2.16. The van der Waals surface area contributed by atoms with Crippen molar-refractivity contribution in [3.63, 3.8) is 0 Å². The lowest BCUT2D eigenvalue weighted by atomic mass is 10.1. The number of thioether (sulfide) groups is 1. The third-order valence-corrected chi connectivity index (χ3v) is 5.53. The highest BCUT2D eigenvalue weighted by atomic mass is 35.5. The van der Waals surface area contributed by atoms with Crippen molar-refractivity contribution >= 4 is 35.0 Å². The van der Waals surface area contributed by atoms with E-state index in [1.165, 1.54) is 12.1 Å². The molecule has 1 atom stereocenters. The number of rotatable bonds is 4. The molecule has 0 N–H and O–H groups in total. The normalized spacial score (nSPS) is 16.9. The molecule has 0 bridgehead atoms. The highest BCUT2D eigenvalue weighted by Crippen LogP contribution is 2.33. The van der Waals surface area contributed by atoms with Crippen LogP contribution in [0.4, 0.5) is 10.1 Å². The Morgan fingerprint density at radius 2 is 2.04 bits per heavy atom. The largest absolute Gasteiger partial charge is 0.339 e. The van der Waals surface area contributed by atoms with Crippen molar-refractivity contribution in [3.8, 4) is 11.4 Å². The van der Waals surface area contributed by atoms with E-state index in [0.29, 0.717) is 24.4 Å². The summed E-state index contributed by atoms with van der Waals surface area (Å²) in [5.41, 5.74) is 1.32. The van der Waals surface area contributed by atoms with E-state index in [9.17, 15) is 9.18 Å². The van der Waals surface area contributed by atoms with Crippen LogP contribution in [0.2, 0.25) is 5.02 Å². The molecule has 1 saturated heterocycles. The average Bonchev–Trinajstić information content (AvgIpc) is 3.31. The van der Waals surface area contributed by atoms with Crippen LogP contribution in [0.15, 0.2) is 51.9 Å². The van der Waals surface area contributed by atoms with Gasteiger partial charge in [0, 0.05) is 29.1 Å². The lowest BCUT2D eigenvalue weighted by Crippen LogP contribution is -2.24. The second-order valence-corrected chi connectivity index (χ2v) is 7.48. The minimum absolute atomic E-state index is 0.00851. The topological polar surface area (TPSA) is 59.2 Å². The molecule has 2 heterocycles. The van der Waals surface area contributed by atoms with E-state index < -0.39 is 5.82 Å². The molecule has 2 aromatic carbocycles. The van der Waals surface area contributed by atoms with Crippen LogP contribution in [-0.2, 0) is 4.79 Å². The summed E-state index contributed by atoms with van der Waals surface area (Å²) in [4.78, 5) is 19.7. The fourth-order valence-corrected chi connectivity index (χ4v) is 3.56. The van der Waals surface area contributed by atoms with Gasteiger partial charge in [-0.2, -0.15) is 4.98 Å².